The lowest BCUT2D eigenvalue weighted by molar-refractivity contribution is -0.138. The maximum Gasteiger partial charge on any atom is 0.416 e. The van der Waals surface area contributed by atoms with Gasteiger partial charge in [0.05, 0.1) is 11.6 Å². The molecule has 0 bridgehead atoms. The minimum absolute atomic E-state index is 0.0284. The summed E-state index contributed by atoms with van der Waals surface area (Å²) in [6, 6.07) is 6.00. The summed E-state index contributed by atoms with van der Waals surface area (Å²) >= 11 is 0. The zero-order valence-corrected chi connectivity index (χ0v) is 8.67. The van der Waals surface area contributed by atoms with E-state index < -0.39 is 17.8 Å². The lowest BCUT2D eigenvalue weighted by atomic mass is 10.0. The topological polar surface area (TPSA) is 35.8 Å². The Labute approximate surface area is 91.7 Å². The first-order valence-electron chi connectivity index (χ1n) is 4.79. The van der Waals surface area contributed by atoms with Gasteiger partial charge >= 0.3 is 6.18 Å². The van der Waals surface area contributed by atoms with Gasteiger partial charge in [0.2, 0.25) is 0 Å². The number of halogens is 3. The van der Waals surface area contributed by atoms with Gasteiger partial charge in [-0.25, -0.2) is 0 Å². The van der Waals surface area contributed by atoms with E-state index in [1.54, 1.807) is 6.92 Å². The van der Waals surface area contributed by atoms with Crippen LogP contribution in [-0.4, -0.2) is 6.54 Å². The summed E-state index contributed by atoms with van der Waals surface area (Å²) < 4.78 is 37.9. The summed E-state index contributed by atoms with van der Waals surface area (Å²) in [4.78, 5) is 0. The van der Waals surface area contributed by atoms with Crippen LogP contribution in [0, 0.1) is 11.3 Å². The van der Waals surface area contributed by atoms with E-state index in [1.165, 1.54) is 18.2 Å². The molecule has 0 radical (unpaired) electrons. The molecule has 16 heavy (non-hydrogen) atoms. The molecular weight excluding hydrogens is 217 g/mol. The minimum atomic E-state index is -4.43. The largest absolute Gasteiger partial charge is 0.416 e. The van der Waals surface area contributed by atoms with Gasteiger partial charge in [-0.3, -0.25) is 5.32 Å². The van der Waals surface area contributed by atoms with Crippen LogP contribution in [0.3, 0.4) is 0 Å². The Hall–Kier alpha value is -1.54. The Balaban J connectivity index is 3.18. The molecule has 1 atom stereocenters. The van der Waals surface area contributed by atoms with E-state index in [4.69, 9.17) is 5.26 Å². The number of hydrogen-bond donors (Lipinski definition) is 1. The Morgan fingerprint density at radius 2 is 2.00 bits per heavy atom. The van der Waals surface area contributed by atoms with E-state index in [-0.39, 0.29) is 5.56 Å². The molecule has 1 unspecified atom stereocenters. The molecule has 0 aliphatic heterocycles. The van der Waals surface area contributed by atoms with Crippen molar-refractivity contribution in [2.45, 2.75) is 19.1 Å². The lowest BCUT2D eigenvalue weighted by Crippen LogP contribution is -2.22. The van der Waals surface area contributed by atoms with Crippen LogP contribution in [0.25, 0.3) is 0 Å². The average Bonchev–Trinajstić information content (AvgIpc) is 2.25. The number of nitrogens with zero attached hydrogens (tertiary/aromatic N) is 1. The molecule has 0 spiro atoms. The second kappa shape index (κ2) is 4.99. The molecule has 0 aliphatic carbocycles. The Morgan fingerprint density at radius 1 is 1.38 bits per heavy atom. The second-order valence-corrected chi connectivity index (χ2v) is 3.20. The van der Waals surface area contributed by atoms with Gasteiger partial charge in [0.1, 0.15) is 6.04 Å². The first-order chi connectivity index (χ1) is 7.50. The van der Waals surface area contributed by atoms with Crippen molar-refractivity contribution in [1.29, 1.82) is 5.26 Å². The molecule has 0 saturated heterocycles. The highest BCUT2D eigenvalue weighted by Gasteiger charge is 2.34. The molecule has 5 heteroatoms. The zero-order valence-electron chi connectivity index (χ0n) is 8.67. The summed E-state index contributed by atoms with van der Waals surface area (Å²) in [5.74, 6) is 0. The number of nitrogens with one attached hydrogen (secondary N) is 1. The van der Waals surface area contributed by atoms with Crippen LogP contribution in [0.4, 0.5) is 13.2 Å². The molecule has 2 nitrogen and oxygen atoms in total. The Bertz CT molecular complexity index is 393. The van der Waals surface area contributed by atoms with Gasteiger partial charge in [0.25, 0.3) is 0 Å². The van der Waals surface area contributed by atoms with Crippen molar-refractivity contribution in [3.8, 4) is 6.07 Å². The molecule has 1 aromatic carbocycles. The second-order valence-electron chi connectivity index (χ2n) is 3.20. The predicted octanol–water partition coefficient (Wildman–Crippen LogP) is 2.88. The van der Waals surface area contributed by atoms with Gasteiger partial charge in [-0.1, -0.05) is 25.1 Å². The highest BCUT2D eigenvalue weighted by molar-refractivity contribution is 5.35. The van der Waals surface area contributed by atoms with Gasteiger partial charge < -0.3 is 0 Å². The van der Waals surface area contributed by atoms with Crippen LogP contribution in [0.15, 0.2) is 24.3 Å². The predicted molar refractivity (Wildman–Crippen MR) is 53.5 cm³/mol. The molecule has 0 amide bonds. The third kappa shape index (κ3) is 2.74. The van der Waals surface area contributed by atoms with E-state index >= 15 is 0 Å². The van der Waals surface area contributed by atoms with Crippen molar-refractivity contribution in [2.75, 3.05) is 6.54 Å². The first kappa shape index (κ1) is 12.5. The number of nitriles is 1. The summed E-state index contributed by atoms with van der Waals surface area (Å²) in [7, 11) is 0. The molecule has 86 valence electrons. The average molecular weight is 228 g/mol. The van der Waals surface area contributed by atoms with E-state index in [0.29, 0.717) is 6.54 Å². The van der Waals surface area contributed by atoms with Gasteiger partial charge in [-0.05, 0) is 18.2 Å². The fourth-order valence-corrected chi connectivity index (χ4v) is 1.44. The van der Waals surface area contributed by atoms with Crippen LogP contribution < -0.4 is 5.32 Å². The van der Waals surface area contributed by atoms with Crippen molar-refractivity contribution in [2.24, 2.45) is 0 Å². The van der Waals surface area contributed by atoms with Crippen molar-refractivity contribution in [1.82, 2.24) is 5.32 Å². The fraction of sp³-hybridized carbons (Fsp3) is 0.364. The summed E-state index contributed by atoms with van der Waals surface area (Å²) in [5, 5.41) is 11.5. The van der Waals surface area contributed by atoms with Crippen molar-refractivity contribution in [3.05, 3.63) is 35.4 Å². The monoisotopic (exact) mass is 228 g/mol. The third-order valence-corrected chi connectivity index (χ3v) is 2.11. The van der Waals surface area contributed by atoms with Gasteiger partial charge in [0, 0.05) is 0 Å². The molecule has 1 rings (SSSR count). The maximum absolute atomic E-state index is 12.6. The summed E-state index contributed by atoms with van der Waals surface area (Å²) in [6.07, 6.45) is -4.43. The Kier molecular flexibility index (Phi) is 3.91. The zero-order chi connectivity index (χ0) is 12.2. The molecule has 1 N–H and O–H groups in total. The lowest BCUT2D eigenvalue weighted by Gasteiger charge is -2.16. The van der Waals surface area contributed by atoms with E-state index in [1.807, 2.05) is 6.07 Å². The molecular formula is C11H11F3N2. The highest BCUT2D eigenvalue weighted by atomic mass is 19.4. The minimum Gasteiger partial charge on any atom is -0.298 e. The van der Waals surface area contributed by atoms with E-state index in [2.05, 4.69) is 5.32 Å². The van der Waals surface area contributed by atoms with E-state index in [0.717, 1.165) is 6.07 Å². The number of hydrogen-bond acceptors (Lipinski definition) is 2. The SMILES string of the molecule is CCNC(C#N)c1ccccc1C(F)(F)F. The summed E-state index contributed by atoms with van der Waals surface area (Å²) in [5.41, 5.74) is -0.790. The standard InChI is InChI=1S/C11H11F3N2/c1-2-16-10(7-15)8-5-3-4-6-9(8)11(12,13)14/h3-6,10,16H,2H2,1H3. The molecule has 0 heterocycles. The quantitative estimate of drug-likeness (QED) is 0.863. The van der Waals surface area contributed by atoms with Crippen LogP contribution in [0.1, 0.15) is 24.1 Å². The number of alkyl halides is 3. The Morgan fingerprint density at radius 3 is 2.50 bits per heavy atom. The molecule has 0 aliphatic rings. The highest BCUT2D eigenvalue weighted by Crippen LogP contribution is 2.34. The van der Waals surface area contributed by atoms with Crippen LogP contribution in [0.5, 0.6) is 0 Å². The molecule has 0 aromatic heterocycles. The van der Waals surface area contributed by atoms with E-state index in [9.17, 15) is 13.2 Å². The van der Waals surface area contributed by atoms with Crippen molar-refractivity contribution in [3.63, 3.8) is 0 Å². The summed E-state index contributed by atoms with van der Waals surface area (Å²) in [6.45, 7) is 2.17. The van der Waals surface area contributed by atoms with Crippen LogP contribution in [0.2, 0.25) is 0 Å². The number of rotatable bonds is 3. The first-order valence-corrected chi connectivity index (χ1v) is 4.79. The fourth-order valence-electron chi connectivity index (χ4n) is 1.44. The third-order valence-electron chi connectivity index (χ3n) is 2.11. The molecule has 0 saturated carbocycles. The van der Waals surface area contributed by atoms with Crippen LogP contribution in [-0.2, 0) is 6.18 Å². The molecule has 0 fully saturated rings. The van der Waals surface area contributed by atoms with Gasteiger partial charge in [0.15, 0.2) is 0 Å². The van der Waals surface area contributed by atoms with Crippen molar-refractivity contribution >= 4 is 0 Å². The van der Waals surface area contributed by atoms with Gasteiger partial charge in [-0.15, -0.1) is 0 Å². The smallest absolute Gasteiger partial charge is 0.298 e. The normalized spacial score (nSPS) is 13.2. The van der Waals surface area contributed by atoms with Crippen LogP contribution >= 0.6 is 0 Å². The number of benzene rings is 1. The molecule has 1 aromatic rings. The van der Waals surface area contributed by atoms with Gasteiger partial charge in [-0.2, -0.15) is 18.4 Å². The maximum atomic E-state index is 12.6. The van der Waals surface area contributed by atoms with Crippen molar-refractivity contribution < 1.29 is 13.2 Å².